The smallest absolute Gasteiger partial charge is 0.342 e. The van der Waals surface area contributed by atoms with Gasteiger partial charge < -0.3 is 20.1 Å². The normalized spacial score (nSPS) is 27.1. The number of Topliss-reactive ketones (excluding diaryl/α,β-unsaturated/α-hetero) is 1. The van der Waals surface area contributed by atoms with Crippen LogP contribution in [-0.2, 0) is 9.53 Å². The fourth-order valence-corrected chi connectivity index (χ4v) is 2.74. The van der Waals surface area contributed by atoms with E-state index in [1.54, 1.807) is 25.1 Å². The first-order valence-electron chi connectivity index (χ1n) is 8.35. The number of phenolic OH excluding ortho intramolecular Hbond substituents is 1. The Balaban J connectivity index is 2.37. The zero-order valence-corrected chi connectivity index (χ0v) is 14.4. The highest BCUT2D eigenvalue weighted by Gasteiger charge is 2.24. The van der Waals surface area contributed by atoms with Crippen molar-refractivity contribution in [2.45, 2.75) is 45.3 Å². The van der Waals surface area contributed by atoms with Gasteiger partial charge in [-0.2, -0.15) is 0 Å². The zero-order chi connectivity index (χ0) is 18.6. The molecule has 6 heteroatoms. The molecule has 3 atom stereocenters. The zero-order valence-electron chi connectivity index (χ0n) is 14.4. The third kappa shape index (κ3) is 4.90. The number of hydrogen-bond acceptors (Lipinski definition) is 6. The molecule has 1 heterocycles. The number of ketones is 1. The van der Waals surface area contributed by atoms with E-state index >= 15 is 0 Å². The Labute approximate surface area is 146 Å². The Kier molecular flexibility index (Phi) is 6.33. The van der Waals surface area contributed by atoms with Gasteiger partial charge in [0.2, 0.25) is 0 Å². The fourth-order valence-electron chi connectivity index (χ4n) is 2.74. The molecule has 0 fully saturated rings. The van der Waals surface area contributed by atoms with Crippen LogP contribution in [0.4, 0.5) is 0 Å². The van der Waals surface area contributed by atoms with E-state index in [0.717, 1.165) is 5.56 Å². The second-order valence-electron chi connectivity index (χ2n) is 6.61. The van der Waals surface area contributed by atoms with E-state index in [2.05, 4.69) is 0 Å². The lowest BCUT2D eigenvalue weighted by Gasteiger charge is -2.18. The number of cyclic esters (lactones) is 1. The highest BCUT2D eigenvalue weighted by molar-refractivity contribution is 5.96. The Bertz CT molecular complexity index is 679. The second kappa shape index (κ2) is 8.27. The number of aromatic hydroxyl groups is 1. The van der Waals surface area contributed by atoms with Crippen LogP contribution in [0.15, 0.2) is 18.2 Å². The molecule has 0 unspecified atom stereocenters. The van der Waals surface area contributed by atoms with Crippen molar-refractivity contribution in [1.29, 1.82) is 0 Å². The molecule has 6 nitrogen and oxygen atoms in total. The topological polar surface area (TPSA) is 104 Å². The van der Waals surface area contributed by atoms with Crippen molar-refractivity contribution in [3.63, 3.8) is 0 Å². The lowest BCUT2D eigenvalue weighted by atomic mass is 9.97. The molecule has 0 radical (unpaired) electrons. The first kappa shape index (κ1) is 19.1. The summed E-state index contributed by atoms with van der Waals surface area (Å²) in [7, 11) is 0. The number of benzene rings is 1. The number of aliphatic hydroxyl groups is 2. The van der Waals surface area contributed by atoms with E-state index < -0.39 is 24.0 Å². The molecule has 0 aromatic heterocycles. The quantitative estimate of drug-likeness (QED) is 0.619. The van der Waals surface area contributed by atoms with Gasteiger partial charge in [-0.25, -0.2) is 4.79 Å². The summed E-state index contributed by atoms with van der Waals surface area (Å²) in [6.45, 7) is 3.70. The third-order valence-electron chi connectivity index (χ3n) is 4.25. The van der Waals surface area contributed by atoms with Gasteiger partial charge >= 0.3 is 5.97 Å². The van der Waals surface area contributed by atoms with Crippen LogP contribution in [0.2, 0.25) is 0 Å². The van der Waals surface area contributed by atoms with Gasteiger partial charge in [-0.1, -0.05) is 25.1 Å². The van der Waals surface area contributed by atoms with Crippen molar-refractivity contribution in [2.24, 2.45) is 5.92 Å². The molecular weight excluding hydrogens is 324 g/mol. The Morgan fingerprint density at radius 3 is 2.64 bits per heavy atom. The number of carbonyl (C=O) groups excluding carboxylic acids is 2. The van der Waals surface area contributed by atoms with Crippen molar-refractivity contribution in [1.82, 2.24) is 0 Å². The molecule has 0 amide bonds. The summed E-state index contributed by atoms with van der Waals surface area (Å²) in [6, 6.07) is 3.20. The van der Waals surface area contributed by atoms with Crippen LogP contribution >= 0.6 is 0 Å². The van der Waals surface area contributed by atoms with Crippen LogP contribution in [0, 0.1) is 12.8 Å². The number of esters is 1. The van der Waals surface area contributed by atoms with Gasteiger partial charge in [0.05, 0.1) is 12.7 Å². The van der Waals surface area contributed by atoms with Crippen LogP contribution in [0.5, 0.6) is 5.75 Å². The highest BCUT2D eigenvalue weighted by Crippen LogP contribution is 2.26. The average molecular weight is 348 g/mol. The molecular formula is C19H24O6. The van der Waals surface area contributed by atoms with Gasteiger partial charge in [-0.15, -0.1) is 0 Å². The van der Waals surface area contributed by atoms with Crippen molar-refractivity contribution in [3.8, 4) is 5.75 Å². The van der Waals surface area contributed by atoms with Crippen molar-refractivity contribution in [2.75, 3.05) is 6.61 Å². The summed E-state index contributed by atoms with van der Waals surface area (Å²) in [5.74, 6) is -1.31. The number of aliphatic hydroxyl groups excluding tert-OH is 2. The Morgan fingerprint density at radius 1 is 1.20 bits per heavy atom. The molecule has 2 rings (SSSR count). The van der Waals surface area contributed by atoms with Crippen molar-refractivity contribution in [3.05, 3.63) is 34.9 Å². The molecule has 1 aromatic carbocycles. The molecule has 0 bridgehead atoms. The molecule has 136 valence electrons. The largest absolute Gasteiger partial charge is 0.507 e. The molecule has 0 aliphatic carbocycles. The van der Waals surface area contributed by atoms with Crippen LogP contribution in [0.1, 0.15) is 47.7 Å². The number of hydrogen-bond donors (Lipinski definition) is 3. The lowest BCUT2D eigenvalue weighted by Crippen LogP contribution is -2.33. The van der Waals surface area contributed by atoms with E-state index in [4.69, 9.17) is 4.74 Å². The predicted octanol–water partition coefficient (Wildman–Crippen LogP) is 1.98. The maximum Gasteiger partial charge on any atom is 0.342 e. The summed E-state index contributed by atoms with van der Waals surface area (Å²) in [4.78, 5) is 24.3. The first-order valence-corrected chi connectivity index (χ1v) is 8.35. The van der Waals surface area contributed by atoms with E-state index in [-0.39, 0.29) is 36.7 Å². The van der Waals surface area contributed by atoms with Crippen LogP contribution in [0.25, 0.3) is 6.08 Å². The first-order chi connectivity index (χ1) is 11.8. The van der Waals surface area contributed by atoms with Crippen molar-refractivity contribution >= 4 is 17.8 Å². The Morgan fingerprint density at radius 2 is 1.92 bits per heavy atom. The monoisotopic (exact) mass is 348 g/mol. The molecule has 0 saturated carbocycles. The molecule has 1 aliphatic rings. The molecule has 25 heavy (non-hydrogen) atoms. The van der Waals surface area contributed by atoms with E-state index in [1.807, 2.05) is 6.92 Å². The second-order valence-corrected chi connectivity index (χ2v) is 6.61. The fraction of sp³-hybridized carbons (Fsp3) is 0.474. The average Bonchev–Trinajstić information content (AvgIpc) is 2.55. The number of phenols is 1. The van der Waals surface area contributed by atoms with E-state index in [1.165, 1.54) is 6.07 Å². The van der Waals surface area contributed by atoms with Gasteiger partial charge in [0, 0.05) is 6.42 Å². The minimum absolute atomic E-state index is 0.0473. The number of ether oxygens (including phenoxy) is 1. The third-order valence-corrected chi connectivity index (χ3v) is 4.25. The summed E-state index contributed by atoms with van der Waals surface area (Å²) in [5.41, 5.74) is 1.29. The SMILES string of the molecule is Cc1cc(O)c2c(c1)/C=C/C[C@H](O)[C@H](O)C(=O)CC[C@@H](C)COC2=O. The number of aryl methyl sites for hydroxylation is 1. The minimum Gasteiger partial charge on any atom is -0.507 e. The van der Waals surface area contributed by atoms with Crippen LogP contribution in [0.3, 0.4) is 0 Å². The highest BCUT2D eigenvalue weighted by atomic mass is 16.5. The molecule has 1 aliphatic heterocycles. The van der Waals surface area contributed by atoms with Gasteiger partial charge in [0.15, 0.2) is 5.78 Å². The number of carbonyl (C=O) groups is 2. The van der Waals surface area contributed by atoms with Gasteiger partial charge in [0.1, 0.15) is 17.4 Å². The maximum atomic E-state index is 12.4. The number of fused-ring (bicyclic) bond motifs is 1. The maximum absolute atomic E-state index is 12.4. The van der Waals surface area contributed by atoms with Crippen LogP contribution < -0.4 is 0 Å². The summed E-state index contributed by atoms with van der Waals surface area (Å²) < 4.78 is 5.27. The van der Waals surface area contributed by atoms with Gasteiger partial charge in [-0.05, 0) is 42.9 Å². The Hall–Kier alpha value is -2.18. The van der Waals surface area contributed by atoms with Gasteiger partial charge in [0.25, 0.3) is 0 Å². The minimum atomic E-state index is -1.44. The predicted molar refractivity (Wildman–Crippen MR) is 92.2 cm³/mol. The molecule has 1 aromatic rings. The standard InChI is InChI=1S/C19H24O6/c1-11-6-7-15(21)18(23)14(20)5-3-4-13-8-12(2)9-16(22)17(13)19(24)25-10-11/h3-4,8-9,11,14,18,20,22-23H,5-7,10H2,1-2H3/b4-3+/t11-,14+,18+/m1/s1. The van der Waals surface area contributed by atoms with Gasteiger partial charge in [-0.3, -0.25) is 4.79 Å². The molecule has 0 saturated heterocycles. The van der Waals surface area contributed by atoms with E-state index in [0.29, 0.717) is 12.0 Å². The molecule has 3 N–H and O–H groups in total. The number of rotatable bonds is 0. The molecule has 0 spiro atoms. The lowest BCUT2D eigenvalue weighted by molar-refractivity contribution is -0.133. The summed E-state index contributed by atoms with van der Waals surface area (Å²) in [6.07, 6.45) is 1.05. The summed E-state index contributed by atoms with van der Waals surface area (Å²) in [5, 5.41) is 30.0. The van der Waals surface area contributed by atoms with E-state index in [9.17, 15) is 24.9 Å². The van der Waals surface area contributed by atoms with Crippen molar-refractivity contribution < 1.29 is 29.6 Å². The van der Waals surface area contributed by atoms with Crippen LogP contribution in [-0.4, -0.2) is 45.9 Å². The summed E-state index contributed by atoms with van der Waals surface area (Å²) >= 11 is 0.